The van der Waals surface area contributed by atoms with E-state index in [0.717, 1.165) is 28.9 Å². The molecule has 164 valence electrons. The first kappa shape index (κ1) is 21.8. The van der Waals surface area contributed by atoms with Gasteiger partial charge >= 0.3 is 5.91 Å². The van der Waals surface area contributed by atoms with Crippen LogP contribution in [0.3, 0.4) is 0 Å². The van der Waals surface area contributed by atoms with Crippen LogP contribution < -0.4 is 11.0 Å². The van der Waals surface area contributed by atoms with Crippen LogP contribution in [0.25, 0.3) is 16.6 Å². The van der Waals surface area contributed by atoms with Crippen LogP contribution in [0.2, 0.25) is 0 Å². The maximum Gasteiger partial charge on any atom is 0.307 e. The lowest BCUT2D eigenvalue weighted by molar-refractivity contribution is -0.384. The highest BCUT2D eigenvalue weighted by atomic mass is 79.9. The second-order valence-electron chi connectivity index (χ2n) is 6.77. The molecule has 4 aromatic rings. The van der Waals surface area contributed by atoms with Crippen LogP contribution in [0.1, 0.15) is 16.2 Å². The molecule has 0 spiro atoms. The van der Waals surface area contributed by atoms with E-state index in [9.17, 15) is 24.8 Å². The van der Waals surface area contributed by atoms with Gasteiger partial charge in [0.25, 0.3) is 11.2 Å². The molecule has 3 aromatic carbocycles. The zero-order valence-electron chi connectivity index (χ0n) is 16.7. The lowest BCUT2D eigenvalue weighted by atomic mass is 10.2. The van der Waals surface area contributed by atoms with Gasteiger partial charge in [-0.25, -0.2) is 10.4 Å². The number of non-ortho nitro benzene ring substituents is 1. The molecule has 4 rings (SSSR count). The molecule has 1 aromatic heterocycles. The number of aromatic nitrogens is 2. The molecule has 0 bridgehead atoms. The van der Waals surface area contributed by atoms with Crippen molar-refractivity contribution < 1.29 is 14.8 Å². The molecular formula is C22H14BrN5O5. The van der Waals surface area contributed by atoms with Gasteiger partial charge in [-0.2, -0.15) is 5.10 Å². The van der Waals surface area contributed by atoms with Crippen molar-refractivity contribution in [3.05, 3.63) is 103 Å². The van der Waals surface area contributed by atoms with Crippen LogP contribution in [0, 0.1) is 10.1 Å². The standard InChI is InChI=1S/C22H14BrN5O5/c23-14-5-7-15(8-6-14)27-20(25-18-4-2-1-3-17(18)22(27)31)21(30)26-24-12-13-11-16(28(32)33)9-10-19(13)29/h1-12,29H,(H,26,30)/b24-12-. The monoisotopic (exact) mass is 507 g/mol. The van der Waals surface area contributed by atoms with Gasteiger partial charge in [0.05, 0.1) is 27.7 Å². The van der Waals surface area contributed by atoms with Crippen molar-refractivity contribution in [3.8, 4) is 11.4 Å². The molecule has 0 unspecified atom stereocenters. The summed E-state index contributed by atoms with van der Waals surface area (Å²) >= 11 is 3.34. The quantitative estimate of drug-likeness (QED) is 0.240. The fourth-order valence-electron chi connectivity index (χ4n) is 3.08. The number of aromatic hydroxyl groups is 1. The lowest BCUT2D eigenvalue weighted by Crippen LogP contribution is -2.31. The summed E-state index contributed by atoms with van der Waals surface area (Å²) in [6.45, 7) is 0. The number of fused-ring (bicyclic) bond motifs is 1. The lowest BCUT2D eigenvalue weighted by Gasteiger charge is -2.12. The molecule has 0 radical (unpaired) electrons. The van der Waals surface area contributed by atoms with Gasteiger partial charge in [0.15, 0.2) is 0 Å². The maximum atomic E-state index is 13.2. The topological polar surface area (TPSA) is 140 Å². The molecule has 0 aliphatic rings. The average molecular weight is 508 g/mol. The Morgan fingerprint density at radius 3 is 2.61 bits per heavy atom. The van der Waals surface area contributed by atoms with Crippen LogP contribution in [-0.4, -0.2) is 31.7 Å². The van der Waals surface area contributed by atoms with E-state index in [1.54, 1.807) is 48.5 Å². The molecule has 0 fully saturated rings. The molecule has 1 amide bonds. The number of amides is 1. The number of hydrazone groups is 1. The van der Waals surface area contributed by atoms with E-state index in [0.29, 0.717) is 16.6 Å². The Bertz CT molecular complexity index is 1480. The predicted octanol–water partition coefficient (Wildman–Crippen LogP) is 3.53. The number of benzene rings is 3. The number of hydrogen-bond donors (Lipinski definition) is 2. The summed E-state index contributed by atoms with van der Waals surface area (Å²) in [5.41, 5.74) is 2.36. The minimum absolute atomic E-state index is 0.0290. The molecule has 10 nitrogen and oxygen atoms in total. The van der Waals surface area contributed by atoms with Crippen LogP contribution >= 0.6 is 15.9 Å². The minimum atomic E-state index is -0.790. The third-order valence-corrected chi connectivity index (χ3v) is 5.18. The zero-order valence-corrected chi connectivity index (χ0v) is 18.3. The van der Waals surface area contributed by atoms with Crippen molar-refractivity contribution in [1.82, 2.24) is 15.0 Å². The number of carbonyl (C=O) groups is 1. The van der Waals surface area contributed by atoms with Crippen molar-refractivity contribution in [2.75, 3.05) is 0 Å². The summed E-state index contributed by atoms with van der Waals surface area (Å²) in [4.78, 5) is 40.8. The zero-order chi connectivity index (χ0) is 23.5. The van der Waals surface area contributed by atoms with Gasteiger partial charge in [0.1, 0.15) is 5.75 Å². The van der Waals surface area contributed by atoms with E-state index in [-0.39, 0.29) is 22.8 Å². The number of rotatable bonds is 5. The molecule has 0 saturated carbocycles. The fourth-order valence-corrected chi connectivity index (χ4v) is 3.35. The average Bonchev–Trinajstić information content (AvgIpc) is 2.81. The second-order valence-corrected chi connectivity index (χ2v) is 7.68. The van der Waals surface area contributed by atoms with E-state index >= 15 is 0 Å². The van der Waals surface area contributed by atoms with Crippen molar-refractivity contribution in [3.63, 3.8) is 0 Å². The second kappa shape index (κ2) is 9.01. The Hall–Kier alpha value is -4.38. The van der Waals surface area contributed by atoms with Gasteiger partial charge in [0, 0.05) is 22.2 Å². The molecule has 0 atom stereocenters. The Kier molecular flexibility index (Phi) is 5.96. The molecule has 33 heavy (non-hydrogen) atoms. The number of nitro groups is 1. The van der Waals surface area contributed by atoms with E-state index in [1.165, 1.54) is 4.57 Å². The highest BCUT2D eigenvalue weighted by Gasteiger charge is 2.19. The Morgan fingerprint density at radius 1 is 1.15 bits per heavy atom. The van der Waals surface area contributed by atoms with Crippen molar-refractivity contribution in [2.45, 2.75) is 0 Å². The van der Waals surface area contributed by atoms with Gasteiger partial charge in [-0.3, -0.25) is 24.3 Å². The first-order valence-corrected chi connectivity index (χ1v) is 10.2. The highest BCUT2D eigenvalue weighted by molar-refractivity contribution is 9.10. The molecule has 11 heteroatoms. The van der Waals surface area contributed by atoms with Crippen LogP contribution in [0.15, 0.2) is 81.1 Å². The molecular weight excluding hydrogens is 494 g/mol. The van der Waals surface area contributed by atoms with Crippen molar-refractivity contribution >= 4 is 44.6 Å². The van der Waals surface area contributed by atoms with E-state index in [1.807, 2.05) is 0 Å². The third-order valence-electron chi connectivity index (χ3n) is 4.66. The van der Waals surface area contributed by atoms with Gasteiger partial charge in [0.2, 0.25) is 5.82 Å². The highest BCUT2D eigenvalue weighted by Crippen LogP contribution is 2.21. The summed E-state index contributed by atoms with van der Waals surface area (Å²) in [6, 6.07) is 16.8. The number of phenolic OH excluding ortho intramolecular Hbond substituents is 1. The molecule has 1 heterocycles. The number of halogens is 1. The van der Waals surface area contributed by atoms with Gasteiger partial charge in [-0.1, -0.05) is 28.1 Å². The number of para-hydroxylation sites is 1. The summed E-state index contributed by atoms with van der Waals surface area (Å²) in [6.07, 6.45) is 1.06. The van der Waals surface area contributed by atoms with Crippen molar-refractivity contribution in [1.29, 1.82) is 0 Å². The Balaban J connectivity index is 1.74. The number of hydrogen-bond acceptors (Lipinski definition) is 7. The molecule has 2 N–H and O–H groups in total. The number of nitrogens with zero attached hydrogens (tertiary/aromatic N) is 4. The summed E-state index contributed by atoms with van der Waals surface area (Å²) in [5.74, 6) is -1.25. The van der Waals surface area contributed by atoms with E-state index in [4.69, 9.17) is 0 Å². The molecule has 0 aliphatic heterocycles. The summed E-state index contributed by atoms with van der Waals surface area (Å²) in [5, 5.41) is 24.9. The Morgan fingerprint density at radius 2 is 1.88 bits per heavy atom. The number of nitro benzene ring substituents is 1. The Labute approximate surface area is 194 Å². The number of phenols is 1. The van der Waals surface area contributed by atoms with Crippen LogP contribution in [0.5, 0.6) is 5.75 Å². The normalized spacial score (nSPS) is 11.1. The molecule has 0 saturated heterocycles. The first-order chi connectivity index (χ1) is 15.8. The number of nitrogens with one attached hydrogen (secondary N) is 1. The van der Waals surface area contributed by atoms with Crippen molar-refractivity contribution in [2.24, 2.45) is 5.10 Å². The largest absolute Gasteiger partial charge is 0.507 e. The SMILES string of the molecule is O=C(N/N=C\c1cc([N+](=O)[O-])ccc1O)c1nc2ccccc2c(=O)n1-c1ccc(Br)cc1. The summed E-state index contributed by atoms with van der Waals surface area (Å²) < 4.78 is 1.96. The van der Waals surface area contributed by atoms with Crippen LogP contribution in [0.4, 0.5) is 5.69 Å². The van der Waals surface area contributed by atoms with Crippen LogP contribution in [-0.2, 0) is 0 Å². The maximum absolute atomic E-state index is 13.2. The summed E-state index contributed by atoms with van der Waals surface area (Å²) in [7, 11) is 0. The third kappa shape index (κ3) is 4.48. The van der Waals surface area contributed by atoms with E-state index in [2.05, 4.69) is 31.4 Å². The fraction of sp³-hybridized carbons (Fsp3) is 0. The number of carbonyl (C=O) groups excluding carboxylic acids is 1. The first-order valence-electron chi connectivity index (χ1n) is 9.43. The van der Waals surface area contributed by atoms with E-state index < -0.39 is 16.4 Å². The minimum Gasteiger partial charge on any atom is -0.507 e. The smallest absolute Gasteiger partial charge is 0.307 e. The van der Waals surface area contributed by atoms with Gasteiger partial charge < -0.3 is 5.11 Å². The molecule has 0 aliphatic carbocycles. The predicted molar refractivity (Wildman–Crippen MR) is 125 cm³/mol. The van der Waals surface area contributed by atoms with Gasteiger partial charge in [-0.15, -0.1) is 0 Å². The van der Waals surface area contributed by atoms with Gasteiger partial charge in [-0.05, 0) is 42.5 Å².